The molecule has 3 aromatic carbocycles. The summed E-state index contributed by atoms with van der Waals surface area (Å²) >= 11 is 0. The van der Waals surface area contributed by atoms with Crippen LogP contribution in [0.4, 0.5) is 10.1 Å². The molecule has 0 fully saturated rings. The van der Waals surface area contributed by atoms with Crippen LogP contribution in [0.5, 0.6) is 11.5 Å². The van der Waals surface area contributed by atoms with Crippen molar-refractivity contribution in [1.29, 1.82) is 0 Å². The number of anilines is 1. The minimum Gasteiger partial charge on any atom is -0.497 e. The molecule has 0 aromatic heterocycles. The Morgan fingerprint density at radius 1 is 0.902 bits per heavy atom. The van der Waals surface area contributed by atoms with Gasteiger partial charge in [0.25, 0.3) is 10.0 Å². The number of sulfonamides is 1. The molecular formula is C30H36FN3O6S. The van der Waals surface area contributed by atoms with E-state index in [1.54, 1.807) is 25.1 Å². The second-order valence-corrected chi connectivity index (χ2v) is 11.7. The standard InChI is InChI=1S/C30H36FN3O6S/c1-21(2)18-32-30(36)22(3)33(19-23-10-12-24(31)13-11-23)29(35)20-34(27-8-6-7-9-28(27)40-5)41(37,38)26-16-14-25(39-4)15-17-26/h6-17,21-22H,18-20H2,1-5H3,(H,32,36). The molecule has 0 aliphatic heterocycles. The summed E-state index contributed by atoms with van der Waals surface area (Å²) in [6.45, 7) is 5.20. The molecule has 0 saturated heterocycles. The van der Waals surface area contributed by atoms with Gasteiger partial charge in [0.2, 0.25) is 11.8 Å². The van der Waals surface area contributed by atoms with Crippen LogP contribution in [-0.4, -0.2) is 58.5 Å². The van der Waals surface area contributed by atoms with E-state index in [1.165, 1.54) is 73.7 Å². The van der Waals surface area contributed by atoms with E-state index in [4.69, 9.17) is 9.47 Å². The number of carbonyl (C=O) groups is 2. The van der Waals surface area contributed by atoms with Crippen LogP contribution in [0.3, 0.4) is 0 Å². The first kappa shape index (κ1) is 31.4. The average Bonchev–Trinajstić information content (AvgIpc) is 2.97. The highest BCUT2D eigenvalue weighted by Gasteiger charge is 2.33. The van der Waals surface area contributed by atoms with Crippen LogP contribution in [-0.2, 0) is 26.2 Å². The Hall–Kier alpha value is -4.12. The summed E-state index contributed by atoms with van der Waals surface area (Å²) in [5, 5.41) is 2.83. The topological polar surface area (TPSA) is 105 Å². The first-order chi connectivity index (χ1) is 19.5. The van der Waals surface area contributed by atoms with Crippen molar-refractivity contribution in [2.45, 2.75) is 38.3 Å². The molecule has 1 unspecified atom stereocenters. The molecule has 0 spiro atoms. The zero-order chi connectivity index (χ0) is 30.2. The Balaban J connectivity index is 2.05. The maximum Gasteiger partial charge on any atom is 0.264 e. The molecule has 0 aliphatic carbocycles. The molecule has 1 N–H and O–H groups in total. The number of carbonyl (C=O) groups excluding carboxylic acids is 2. The smallest absolute Gasteiger partial charge is 0.264 e. The summed E-state index contributed by atoms with van der Waals surface area (Å²) in [5.41, 5.74) is 0.725. The van der Waals surface area contributed by atoms with Gasteiger partial charge in [0.15, 0.2) is 0 Å². The molecule has 11 heteroatoms. The molecule has 0 bridgehead atoms. The molecule has 0 heterocycles. The number of benzene rings is 3. The van der Waals surface area contributed by atoms with Gasteiger partial charge in [-0.15, -0.1) is 0 Å². The summed E-state index contributed by atoms with van der Waals surface area (Å²) in [7, 11) is -1.41. The zero-order valence-corrected chi connectivity index (χ0v) is 24.7. The lowest BCUT2D eigenvalue weighted by Gasteiger charge is -2.32. The lowest BCUT2D eigenvalue weighted by Crippen LogP contribution is -2.51. The van der Waals surface area contributed by atoms with Crippen molar-refractivity contribution in [3.63, 3.8) is 0 Å². The Morgan fingerprint density at radius 3 is 2.12 bits per heavy atom. The van der Waals surface area contributed by atoms with Gasteiger partial charge in [0, 0.05) is 13.1 Å². The normalized spacial score (nSPS) is 12.0. The zero-order valence-electron chi connectivity index (χ0n) is 23.8. The van der Waals surface area contributed by atoms with Crippen molar-refractivity contribution in [3.05, 3.63) is 84.2 Å². The minimum absolute atomic E-state index is 0.0439. The number of halogens is 1. The van der Waals surface area contributed by atoms with Gasteiger partial charge in [-0.2, -0.15) is 0 Å². The fourth-order valence-electron chi connectivity index (χ4n) is 4.05. The lowest BCUT2D eigenvalue weighted by atomic mass is 10.1. The lowest BCUT2D eigenvalue weighted by molar-refractivity contribution is -0.139. The van der Waals surface area contributed by atoms with Crippen LogP contribution in [0.1, 0.15) is 26.3 Å². The molecule has 9 nitrogen and oxygen atoms in total. The number of amides is 2. The van der Waals surface area contributed by atoms with Crippen molar-refractivity contribution < 1.29 is 31.9 Å². The number of nitrogens with zero attached hydrogens (tertiary/aromatic N) is 2. The van der Waals surface area contributed by atoms with Crippen LogP contribution in [0.2, 0.25) is 0 Å². The maximum atomic E-state index is 14.0. The second kappa shape index (κ2) is 14.0. The summed E-state index contributed by atoms with van der Waals surface area (Å²) in [5.74, 6) is -0.577. The van der Waals surface area contributed by atoms with Gasteiger partial charge >= 0.3 is 0 Å². The van der Waals surface area contributed by atoms with Crippen molar-refractivity contribution in [3.8, 4) is 11.5 Å². The SMILES string of the molecule is COc1ccc(S(=O)(=O)N(CC(=O)N(Cc2ccc(F)cc2)C(C)C(=O)NCC(C)C)c2ccccc2OC)cc1. The summed E-state index contributed by atoms with van der Waals surface area (Å²) in [4.78, 5) is 28.2. The molecule has 0 radical (unpaired) electrons. The molecule has 3 aromatic rings. The van der Waals surface area contributed by atoms with Gasteiger partial charge in [-0.25, -0.2) is 12.8 Å². The van der Waals surface area contributed by atoms with E-state index in [-0.39, 0.29) is 28.8 Å². The van der Waals surface area contributed by atoms with Crippen LogP contribution in [0.25, 0.3) is 0 Å². The highest BCUT2D eigenvalue weighted by atomic mass is 32.2. The number of hydrogen-bond acceptors (Lipinski definition) is 6. The van der Waals surface area contributed by atoms with E-state index in [0.29, 0.717) is 17.9 Å². The van der Waals surface area contributed by atoms with E-state index < -0.39 is 40.2 Å². The number of rotatable bonds is 13. The molecule has 1 atom stereocenters. The Morgan fingerprint density at radius 2 is 1.54 bits per heavy atom. The number of ether oxygens (including phenoxy) is 2. The van der Waals surface area contributed by atoms with E-state index in [9.17, 15) is 22.4 Å². The van der Waals surface area contributed by atoms with E-state index in [0.717, 1.165) is 4.31 Å². The molecule has 3 rings (SSSR count). The second-order valence-electron chi connectivity index (χ2n) is 9.82. The molecule has 0 aliphatic rings. The van der Waals surface area contributed by atoms with Crippen LogP contribution >= 0.6 is 0 Å². The van der Waals surface area contributed by atoms with Gasteiger partial charge in [-0.05, 0) is 66.9 Å². The molecule has 0 saturated carbocycles. The van der Waals surface area contributed by atoms with Crippen molar-refractivity contribution >= 4 is 27.5 Å². The van der Waals surface area contributed by atoms with Crippen LogP contribution < -0.4 is 19.1 Å². The number of methoxy groups -OCH3 is 2. The van der Waals surface area contributed by atoms with Gasteiger partial charge in [0.05, 0.1) is 24.8 Å². The van der Waals surface area contributed by atoms with Gasteiger partial charge in [-0.3, -0.25) is 13.9 Å². The van der Waals surface area contributed by atoms with E-state index in [2.05, 4.69) is 5.32 Å². The number of nitrogens with one attached hydrogen (secondary N) is 1. The Labute approximate surface area is 240 Å². The quantitative estimate of drug-likeness (QED) is 0.322. The Bertz CT molecular complexity index is 1430. The number of para-hydroxylation sites is 2. The molecule has 2 amide bonds. The first-order valence-corrected chi connectivity index (χ1v) is 14.5. The third-order valence-corrected chi connectivity index (χ3v) is 8.17. The van der Waals surface area contributed by atoms with Crippen LogP contribution in [0.15, 0.2) is 77.7 Å². The highest BCUT2D eigenvalue weighted by molar-refractivity contribution is 7.92. The monoisotopic (exact) mass is 585 g/mol. The van der Waals surface area contributed by atoms with E-state index >= 15 is 0 Å². The fourth-order valence-corrected chi connectivity index (χ4v) is 5.47. The van der Waals surface area contributed by atoms with E-state index in [1.807, 2.05) is 13.8 Å². The predicted molar refractivity (Wildman–Crippen MR) is 155 cm³/mol. The first-order valence-electron chi connectivity index (χ1n) is 13.1. The maximum absolute atomic E-state index is 14.0. The molecule has 41 heavy (non-hydrogen) atoms. The predicted octanol–water partition coefficient (Wildman–Crippen LogP) is 4.23. The summed E-state index contributed by atoms with van der Waals surface area (Å²) < 4.78 is 53.1. The van der Waals surface area contributed by atoms with Gasteiger partial charge < -0.3 is 19.7 Å². The fraction of sp³-hybridized carbons (Fsp3) is 0.333. The van der Waals surface area contributed by atoms with Gasteiger partial charge in [0.1, 0.15) is 29.9 Å². The van der Waals surface area contributed by atoms with Crippen molar-refractivity contribution in [1.82, 2.24) is 10.2 Å². The third kappa shape index (κ3) is 7.97. The van der Waals surface area contributed by atoms with Crippen LogP contribution in [0, 0.1) is 11.7 Å². The summed E-state index contributed by atoms with van der Waals surface area (Å²) in [6, 6.07) is 16.8. The largest absolute Gasteiger partial charge is 0.497 e. The molecular weight excluding hydrogens is 549 g/mol. The Kier molecular flexibility index (Phi) is 10.7. The summed E-state index contributed by atoms with van der Waals surface area (Å²) in [6.07, 6.45) is 0. The van der Waals surface area contributed by atoms with Gasteiger partial charge in [-0.1, -0.05) is 38.1 Å². The third-order valence-electron chi connectivity index (χ3n) is 6.40. The molecule has 220 valence electrons. The van der Waals surface area contributed by atoms with Crippen molar-refractivity contribution in [2.75, 3.05) is 31.6 Å². The van der Waals surface area contributed by atoms with Crippen molar-refractivity contribution in [2.24, 2.45) is 5.92 Å². The number of hydrogen-bond donors (Lipinski definition) is 1. The average molecular weight is 586 g/mol. The highest BCUT2D eigenvalue weighted by Crippen LogP contribution is 2.33. The minimum atomic E-state index is -4.29.